The van der Waals surface area contributed by atoms with Crippen molar-refractivity contribution in [3.8, 4) is 5.75 Å². The van der Waals surface area contributed by atoms with Crippen LogP contribution < -0.4 is 64.9 Å². The number of aliphatic imine (C=N–C) groups is 1. The van der Waals surface area contributed by atoms with Gasteiger partial charge in [0.25, 0.3) is 0 Å². The molecule has 0 radical (unpaired) electrons. The average molecular weight is 1120 g/mol. The highest BCUT2D eigenvalue weighted by molar-refractivity contribution is 8.77. The number of carbonyl (C=O) groups is 10. The molecule has 24 nitrogen and oxygen atoms in total. The van der Waals surface area contributed by atoms with Crippen LogP contribution in [0.25, 0.3) is 0 Å². The highest BCUT2D eigenvalue weighted by atomic mass is 33.1. The lowest BCUT2D eigenvalue weighted by atomic mass is 9.96. The van der Waals surface area contributed by atoms with Gasteiger partial charge >= 0.3 is 0 Å². The summed E-state index contributed by atoms with van der Waals surface area (Å²) in [6, 6.07) is 6.66. The molecule has 0 saturated carbocycles. The molecule has 78 heavy (non-hydrogen) atoms. The van der Waals surface area contributed by atoms with Crippen molar-refractivity contribution in [3.63, 3.8) is 0 Å². The second-order valence-corrected chi connectivity index (χ2v) is 22.3. The predicted octanol–water partition coefficient (Wildman–Crippen LogP) is -0.699. The summed E-state index contributed by atoms with van der Waals surface area (Å²) < 4.78 is 4.81. The Balaban J connectivity index is 1.76. The molecule has 15 N–H and O–H groups in total. The highest BCUT2D eigenvalue weighted by Crippen LogP contribution is 2.44. The maximum atomic E-state index is 14.9. The average Bonchev–Trinajstić information content (AvgIpc) is 3.90. The van der Waals surface area contributed by atoms with Crippen LogP contribution >= 0.6 is 21.6 Å². The Hall–Kier alpha value is -7.09. The molecule has 2 aliphatic rings. The first-order valence-corrected chi connectivity index (χ1v) is 28.5. The van der Waals surface area contributed by atoms with Crippen LogP contribution in [0.15, 0.2) is 59.6 Å². The van der Waals surface area contributed by atoms with E-state index in [1.165, 1.54) is 26.5 Å². The molecule has 10 amide bonds. The summed E-state index contributed by atoms with van der Waals surface area (Å²) in [6.45, 7) is 9.02. The third kappa shape index (κ3) is 20.0. The Morgan fingerprint density at radius 3 is 2.00 bits per heavy atom. The number of likely N-dealkylation sites (tertiary alicyclic amines) is 1. The predicted molar refractivity (Wildman–Crippen MR) is 297 cm³/mol. The van der Waals surface area contributed by atoms with Crippen molar-refractivity contribution in [3.05, 3.63) is 65.7 Å². The molecule has 2 aromatic carbocycles. The minimum absolute atomic E-state index is 0.0214. The molecule has 2 fully saturated rings. The van der Waals surface area contributed by atoms with Gasteiger partial charge in [-0.1, -0.05) is 91.7 Å². The largest absolute Gasteiger partial charge is 0.494 e. The van der Waals surface area contributed by atoms with E-state index >= 15 is 0 Å². The van der Waals surface area contributed by atoms with Crippen molar-refractivity contribution < 1.29 is 52.7 Å². The smallest absolute Gasteiger partial charge is 0.246 e. The van der Waals surface area contributed by atoms with E-state index in [0.29, 0.717) is 42.7 Å². The zero-order valence-electron chi connectivity index (χ0n) is 44.9. The standard InChI is InChI=1S/C52H77N13O11S2/c1-6-52(7-2)27-42(68)59-35(25-32-18-20-33(21-19-32)76-8-3)45(70)61-36(24-31-14-10-9-11-15-31)47(72)64-43(30(4)5)49(74)62-37(26-40(53)66)46(71)63-38(29-77-78-52)50(75)65-23-13-17-39(65)48(73)60-34(16-12-22-57-51(55)56)44(69)58-28-41(54)67/h9-11,14-15,18-21,30,34-39,43H,6-8,12-13,16-17,22-29H2,1-5H3,(H2,53,66)(H2,54,67)(H,58,69)(H,59,68)(H,60,73)(H,61,70)(H,62,74)(H,63,71)(H,64,72)(H4,55,56,57)/t34-,35+,36+,37+,38+,39+,43+/m1/s1. The van der Waals surface area contributed by atoms with Crippen LogP contribution in [0, 0.1) is 5.92 Å². The van der Waals surface area contributed by atoms with Gasteiger partial charge in [-0.05, 0) is 74.6 Å². The molecular formula is C52H77N13O11S2. The number of benzene rings is 2. The molecule has 0 spiro atoms. The lowest BCUT2D eigenvalue weighted by molar-refractivity contribution is -0.142. The zero-order chi connectivity index (χ0) is 57.5. The van der Waals surface area contributed by atoms with Crippen molar-refractivity contribution in [2.45, 2.75) is 146 Å². The number of nitrogens with two attached hydrogens (primary N) is 4. The van der Waals surface area contributed by atoms with Crippen LogP contribution in [0.1, 0.15) is 97.1 Å². The van der Waals surface area contributed by atoms with Gasteiger partial charge in [0.1, 0.15) is 48.0 Å². The SMILES string of the molecule is CCOc1ccc(C[C@@H]2NC(=O)CC(CC)(CC)SSC[C@@H](C(=O)N3CCC[C@H]3C(=O)N[C@H](CCCN=C(N)N)C(=O)NCC(N)=O)NC(=O)[C@H](CC(N)=O)NC(=O)[C@H](C(C)C)NC(=O)[C@H](Cc3ccccc3)NC2=O)cc1. The summed E-state index contributed by atoms with van der Waals surface area (Å²) in [7, 11) is 2.46. The number of nitrogens with zero attached hydrogens (tertiary/aromatic N) is 2. The monoisotopic (exact) mass is 1120 g/mol. The van der Waals surface area contributed by atoms with Gasteiger partial charge in [-0.25, -0.2) is 0 Å². The number of hydrogen-bond donors (Lipinski definition) is 11. The summed E-state index contributed by atoms with van der Waals surface area (Å²) in [5.41, 5.74) is 23.1. The molecule has 0 unspecified atom stereocenters. The molecule has 0 aromatic heterocycles. The Labute approximate surface area is 462 Å². The molecule has 2 aliphatic heterocycles. The number of ether oxygens (including phenoxy) is 1. The van der Waals surface area contributed by atoms with Gasteiger partial charge in [0.05, 0.1) is 19.6 Å². The second kappa shape index (κ2) is 31.3. The van der Waals surface area contributed by atoms with Gasteiger partial charge in [0.15, 0.2) is 5.96 Å². The van der Waals surface area contributed by atoms with Crippen LogP contribution in [0.2, 0.25) is 0 Å². The quantitative estimate of drug-likeness (QED) is 0.0319. The summed E-state index contributed by atoms with van der Waals surface area (Å²) in [5, 5.41) is 18.9. The van der Waals surface area contributed by atoms with Crippen LogP contribution in [0.3, 0.4) is 0 Å². The normalized spacial score (nSPS) is 22.0. The molecular weight excluding hydrogens is 1050 g/mol. The summed E-state index contributed by atoms with van der Waals surface area (Å²) in [4.78, 5) is 144. The van der Waals surface area contributed by atoms with Crippen molar-refractivity contribution in [1.82, 2.24) is 42.1 Å². The number of carbonyl (C=O) groups excluding carboxylic acids is 10. The Kier molecular flexibility index (Phi) is 25.5. The van der Waals surface area contributed by atoms with E-state index in [4.69, 9.17) is 27.7 Å². The summed E-state index contributed by atoms with van der Waals surface area (Å²) in [6.07, 6.45) is 0.857. The fourth-order valence-electron chi connectivity index (χ4n) is 8.83. The van der Waals surface area contributed by atoms with Crippen molar-refractivity contribution >= 4 is 86.6 Å². The fraction of sp³-hybridized carbons (Fsp3) is 0.558. The summed E-state index contributed by atoms with van der Waals surface area (Å²) >= 11 is 0. The number of rotatable bonds is 21. The number of guanidine groups is 1. The third-order valence-corrected chi connectivity index (χ3v) is 16.7. The Morgan fingerprint density at radius 2 is 1.40 bits per heavy atom. The molecule has 7 atom stereocenters. The van der Waals surface area contributed by atoms with Crippen molar-refractivity contribution in [1.29, 1.82) is 0 Å². The first-order valence-electron chi connectivity index (χ1n) is 26.2. The molecule has 0 aliphatic carbocycles. The van der Waals surface area contributed by atoms with Gasteiger partial charge in [0.2, 0.25) is 59.1 Å². The fourth-order valence-corrected chi connectivity index (χ4v) is 12.2. The van der Waals surface area contributed by atoms with Crippen molar-refractivity contribution in [2.24, 2.45) is 33.8 Å². The highest BCUT2D eigenvalue weighted by Gasteiger charge is 2.42. The molecule has 0 bridgehead atoms. The molecule has 428 valence electrons. The first-order chi connectivity index (χ1) is 37.1. The topological polar surface area (TPSA) is 384 Å². The van der Waals surface area contributed by atoms with E-state index in [1.54, 1.807) is 68.4 Å². The van der Waals surface area contributed by atoms with Crippen LogP contribution in [0.5, 0.6) is 5.75 Å². The minimum Gasteiger partial charge on any atom is -0.494 e. The van der Waals surface area contributed by atoms with Crippen LogP contribution in [-0.4, -0.2) is 149 Å². The van der Waals surface area contributed by atoms with E-state index in [-0.39, 0.29) is 63.3 Å². The van der Waals surface area contributed by atoms with Crippen LogP contribution in [0.4, 0.5) is 0 Å². The first kappa shape index (κ1) is 63.4. The number of primary amides is 2. The number of amides is 10. The van der Waals surface area contributed by atoms with Gasteiger partial charge in [-0.2, -0.15) is 0 Å². The van der Waals surface area contributed by atoms with E-state index in [2.05, 4.69) is 42.2 Å². The second-order valence-electron chi connectivity index (χ2n) is 19.5. The van der Waals surface area contributed by atoms with Crippen LogP contribution in [-0.2, 0) is 60.8 Å². The maximum Gasteiger partial charge on any atom is 0.246 e. The summed E-state index contributed by atoms with van der Waals surface area (Å²) in [5.74, 6) is -8.06. The lowest BCUT2D eigenvalue weighted by Crippen LogP contribution is -2.61. The van der Waals surface area contributed by atoms with E-state index in [9.17, 15) is 47.9 Å². The Morgan fingerprint density at radius 1 is 0.782 bits per heavy atom. The maximum absolute atomic E-state index is 14.9. The lowest BCUT2D eigenvalue weighted by Gasteiger charge is -2.33. The molecule has 2 aromatic rings. The van der Waals surface area contributed by atoms with Gasteiger partial charge in [-0.3, -0.25) is 52.9 Å². The van der Waals surface area contributed by atoms with E-state index in [0.717, 1.165) is 0 Å². The van der Waals surface area contributed by atoms with Gasteiger partial charge < -0.3 is 69.8 Å². The zero-order valence-corrected chi connectivity index (χ0v) is 46.6. The molecule has 2 saturated heterocycles. The van der Waals surface area contributed by atoms with Crippen molar-refractivity contribution in [2.75, 3.05) is 32.0 Å². The molecule has 26 heteroatoms. The van der Waals surface area contributed by atoms with Gasteiger partial charge in [0, 0.05) is 42.9 Å². The van der Waals surface area contributed by atoms with E-state index in [1.807, 2.05) is 20.8 Å². The Bertz CT molecular complexity index is 2440. The number of hydrogen-bond acceptors (Lipinski definition) is 14. The van der Waals surface area contributed by atoms with Gasteiger partial charge in [-0.15, -0.1) is 0 Å². The molecule has 2 heterocycles. The van der Waals surface area contributed by atoms with E-state index < -0.39 is 125 Å². The number of nitrogens with one attached hydrogen (secondary N) is 7. The molecule has 4 rings (SSSR count). The third-order valence-electron chi connectivity index (χ3n) is 13.2. The minimum atomic E-state index is -1.67.